The fourth-order valence-electron chi connectivity index (χ4n) is 4.16. The van der Waals surface area contributed by atoms with Crippen molar-refractivity contribution in [3.8, 4) is 5.75 Å². The van der Waals surface area contributed by atoms with E-state index in [9.17, 15) is 14.7 Å². The van der Waals surface area contributed by atoms with E-state index in [-0.39, 0.29) is 23.5 Å². The highest BCUT2D eigenvalue weighted by Gasteiger charge is 2.39. The number of carbonyl (C=O) groups excluding carboxylic acids is 1. The Kier molecular flexibility index (Phi) is 6.47. The Labute approximate surface area is 210 Å². The minimum atomic E-state index is -0.872. The summed E-state index contributed by atoms with van der Waals surface area (Å²) < 4.78 is 19.1. The van der Waals surface area contributed by atoms with Gasteiger partial charge in [-0.15, -0.1) is 0 Å². The lowest BCUT2D eigenvalue weighted by atomic mass is 10.0. The second-order valence-electron chi connectivity index (χ2n) is 8.29. The second-order valence-corrected chi connectivity index (χ2v) is 9.30. The van der Waals surface area contributed by atoms with Crippen LogP contribution in [0.2, 0.25) is 0 Å². The smallest absolute Gasteiger partial charge is 0.338 e. The average molecular weight is 505 g/mol. The number of benzene rings is 2. The van der Waals surface area contributed by atoms with Crippen LogP contribution in [0.4, 0.5) is 0 Å². The van der Waals surface area contributed by atoms with Crippen LogP contribution in [0.1, 0.15) is 31.0 Å². The summed E-state index contributed by atoms with van der Waals surface area (Å²) in [6.45, 7) is 3.62. The molecule has 0 fully saturated rings. The first-order chi connectivity index (χ1) is 17.4. The number of aromatic nitrogens is 1. The Morgan fingerprint density at radius 3 is 2.67 bits per heavy atom. The van der Waals surface area contributed by atoms with Gasteiger partial charge in [-0.2, -0.15) is 0 Å². The topological polar surface area (TPSA) is 99.4 Å². The van der Waals surface area contributed by atoms with Gasteiger partial charge in [0.1, 0.15) is 18.1 Å². The number of nitrogens with zero attached hydrogens (tertiary/aromatic N) is 2. The van der Waals surface area contributed by atoms with Crippen LogP contribution >= 0.6 is 11.3 Å². The highest BCUT2D eigenvalue weighted by molar-refractivity contribution is 7.07. The molecule has 8 nitrogen and oxygen atoms in total. The molecule has 2 aromatic carbocycles. The number of hydrogen-bond donors (Lipinski definition) is 1. The second kappa shape index (κ2) is 9.87. The van der Waals surface area contributed by atoms with Crippen molar-refractivity contribution in [2.45, 2.75) is 32.6 Å². The van der Waals surface area contributed by atoms with Gasteiger partial charge < -0.3 is 19.3 Å². The molecule has 5 rings (SSSR count). The first kappa shape index (κ1) is 23.6. The summed E-state index contributed by atoms with van der Waals surface area (Å²) in [7, 11) is 0. The van der Waals surface area contributed by atoms with Gasteiger partial charge in [-0.1, -0.05) is 53.8 Å². The number of ether oxygens (including phenoxy) is 3. The van der Waals surface area contributed by atoms with Crippen LogP contribution in [0.5, 0.6) is 5.75 Å². The van der Waals surface area contributed by atoms with Gasteiger partial charge in [0, 0.05) is 6.42 Å². The van der Waals surface area contributed by atoms with Crippen molar-refractivity contribution in [1.29, 1.82) is 0 Å². The van der Waals surface area contributed by atoms with Gasteiger partial charge in [0.25, 0.3) is 5.56 Å². The largest absolute Gasteiger partial charge is 0.508 e. The number of phenolic OH excluding ortho intramolecular Hbond substituents is 1. The number of allylic oxidation sites excluding steroid dienone is 2. The molecule has 1 N–H and O–H groups in total. The predicted octanol–water partition coefficient (Wildman–Crippen LogP) is 2.91. The number of fused-ring (bicyclic) bond motifs is 1. The van der Waals surface area contributed by atoms with Crippen molar-refractivity contribution in [3.63, 3.8) is 0 Å². The molecule has 0 amide bonds. The first-order valence-electron chi connectivity index (χ1n) is 11.5. The molecule has 2 aliphatic rings. The number of phenols is 1. The molecule has 0 aliphatic carbocycles. The number of esters is 1. The highest BCUT2D eigenvalue weighted by Crippen LogP contribution is 2.35. The van der Waals surface area contributed by atoms with Crippen LogP contribution < -0.4 is 14.9 Å². The normalized spacial score (nSPS) is 19.2. The molecule has 0 saturated heterocycles. The van der Waals surface area contributed by atoms with Gasteiger partial charge in [-0.05, 0) is 43.2 Å². The molecule has 0 saturated carbocycles. The third-order valence-corrected chi connectivity index (χ3v) is 6.81. The van der Waals surface area contributed by atoms with Crippen LogP contribution in [0.15, 0.2) is 87.7 Å². The molecule has 9 heteroatoms. The SMILES string of the molecule is CCOC(=O)C1=C(C)N=c2sc(=Cc3ccc(O)cc3)c(=O)n2C1C1=COC(Cc2ccccc2)O1. The van der Waals surface area contributed by atoms with Crippen molar-refractivity contribution < 1.29 is 24.1 Å². The van der Waals surface area contributed by atoms with Crippen LogP contribution in [-0.4, -0.2) is 28.5 Å². The molecular formula is C27H24N2O6S. The maximum Gasteiger partial charge on any atom is 0.338 e. The van der Waals surface area contributed by atoms with Gasteiger partial charge in [0.05, 0.1) is 22.4 Å². The zero-order valence-corrected chi connectivity index (χ0v) is 20.5. The summed E-state index contributed by atoms with van der Waals surface area (Å²) in [4.78, 5) is 31.6. The van der Waals surface area contributed by atoms with Gasteiger partial charge in [0.15, 0.2) is 10.6 Å². The summed E-state index contributed by atoms with van der Waals surface area (Å²) in [6, 6.07) is 15.4. The summed E-state index contributed by atoms with van der Waals surface area (Å²) in [5, 5.41) is 9.56. The molecule has 184 valence electrons. The van der Waals surface area contributed by atoms with Crippen LogP contribution in [0, 0.1) is 0 Å². The lowest BCUT2D eigenvalue weighted by molar-refractivity contribution is -0.139. The van der Waals surface area contributed by atoms with E-state index in [2.05, 4.69) is 4.99 Å². The van der Waals surface area contributed by atoms with Gasteiger partial charge >= 0.3 is 5.97 Å². The quantitative estimate of drug-likeness (QED) is 0.519. The standard InChI is InChI=1S/C27H24N2O6S/c1-3-33-26(32)23-16(2)28-27-29(25(31)21(36-27)13-18-9-11-19(30)12-10-18)24(23)20-15-34-22(35-20)14-17-7-5-4-6-8-17/h4-13,15,22,24,30H,3,14H2,1-2H3. The molecule has 2 atom stereocenters. The molecule has 0 spiro atoms. The Bertz CT molecular complexity index is 1530. The number of carbonyl (C=O) groups is 1. The minimum Gasteiger partial charge on any atom is -0.508 e. The zero-order valence-electron chi connectivity index (χ0n) is 19.7. The number of hydrogen-bond acceptors (Lipinski definition) is 8. The van der Waals surface area contributed by atoms with E-state index in [1.54, 1.807) is 44.2 Å². The van der Waals surface area contributed by atoms with E-state index in [0.717, 1.165) is 11.1 Å². The fourth-order valence-corrected chi connectivity index (χ4v) is 5.20. The predicted molar refractivity (Wildman–Crippen MR) is 134 cm³/mol. The molecule has 3 heterocycles. The summed E-state index contributed by atoms with van der Waals surface area (Å²) in [5.74, 6) is -0.0863. The first-order valence-corrected chi connectivity index (χ1v) is 12.3. The van der Waals surface area contributed by atoms with Crippen molar-refractivity contribution in [2.24, 2.45) is 4.99 Å². The Balaban J connectivity index is 1.56. The Morgan fingerprint density at radius 1 is 1.19 bits per heavy atom. The van der Waals surface area contributed by atoms with Crippen LogP contribution in [0.25, 0.3) is 6.08 Å². The maximum atomic E-state index is 13.6. The lowest BCUT2D eigenvalue weighted by Crippen LogP contribution is -2.40. The number of aromatic hydroxyl groups is 1. The lowest BCUT2D eigenvalue weighted by Gasteiger charge is -2.24. The molecular weight excluding hydrogens is 480 g/mol. The molecule has 0 radical (unpaired) electrons. The van der Waals surface area contributed by atoms with E-state index in [1.807, 2.05) is 30.3 Å². The van der Waals surface area contributed by atoms with Gasteiger partial charge in [0.2, 0.25) is 6.29 Å². The highest BCUT2D eigenvalue weighted by atomic mass is 32.1. The van der Waals surface area contributed by atoms with Crippen molar-refractivity contribution in [2.75, 3.05) is 6.61 Å². The van der Waals surface area contributed by atoms with Crippen molar-refractivity contribution in [1.82, 2.24) is 4.57 Å². The van der Waals surface area contributed by atoms with Crippen LogP contribution in [-0.2, 0) is 25.4 Å². The average Bonchev–Trinajstić information content (AvgIpc) is 3.44. The number of thiazole rings is 1. The molecule has 2 unspecified atom stereocenters. The van der Waals surface area contributed by atoms with E-state index in [0.29, 0.717) is 27.2 Å². The zero-order chi connectivity index (χ0) is 25.2. The van der Waals surface area contributed by atoms with E-state index < -0.39 is 18.3 Å². The monoisotopic (exact) mass is 504 g/mol. The summed E-state index contributed by atoms with van der Waals surface area (Å²) in [6.07, 6.45) is 3.10. The van der Waals surface area contributed by atoms with Gasteiger partial charge in [-0.3, -0.25) is 9.36 Å². The minimum absolute atomic E-state index is 0.138. The van der Waals surface area contributed by atoms with Gasteiger partial charge in [-0.25, -0.2) is 9.79 Å². The van der Waals surface area contributed by atoms with Crippen molar-refractivity contribution in [3.05, 3.63) is 109 Å². The van der Waals surface area contributed by atoms with E-state index in [4.69, 9.17) is 14.2 Å². The fraction of sp³-hybridized carbons (Fsp3) is 0.222. The Hall–Kier alpha value is -4.11. The maximum absolute atomic E-state index is 13.6. The third-order valence-electron chi connectivity index (χ3n) is 5.83. The Morgan fingerprint density at radius 2 is 1.94 bits per heavy atom. The third kappa shape index (κ3) is 4.57. The molecule has 2 aliphatic heterocycles. The van der Waals surface area contributed by atoms with Crippen LogP contribution in [0.3, 0.4) is 0 Å². The summed E-state index contributed by atoms with van der Waals surface area (Å²) >= 11 is 1.21. The molecule has 36 heavy (non-hydrogen) atoms. The van der Waals surface area contributed by atoms with E-state index in [1.165, 1.54) is 22.2 Å². The molecule has 3 aromatic rings. The summed E-state index contributed by atoms with van der Waals surface area (Å²) in [5.41, 5.74) is 2.15. The molecule has 1 aromatic heterocycles. The number of rotatable bonds is 6. The molecule has 0 bridgehead atoms. The van der Waals surface area contributed by atoms with Crippen molar-refractivity contribution >= 4 is 23.4 Å². The van der Waals surface area contributed by atoms with E-state index >= 15 is 0 Å².